The predicted octanol–water partition coefficient (Wildman–Crippen LogP) is 1.22. The Morgan fingerprint density at radius 2 is 1.69 bits per heavy atom. The maximum Gasteiger partial charge on any atom is 0.316 e. The van der Waals surface area contributed by atoms with E-state index >= 15 is 0 Å². The minimum Gasteiger partial charge on any atom is -0.487 e. The van der Waals surface area contributed by atoms with Crippen molar-refractivity contribution in [1.29, 1.82) is 0 Å². The number of amides is 1. The van der Waals surface area contributed by atoms with Gasteiger partial charge in [-0.05, 0) is 37.3 Å². The van der Waals surface area contributed by atoms with Crippen LogP contribution in [0.5, 0.6) is 5.75 Å². The lowest BCUT2D eigenvalue weighted by Gasteiger charge is -2.33. The summed E-state index contributed by atoms with van der Waals surface area (Å²) in [5.41, 5.74) is -0.0628. The monoisotopic (exact) mass is 457 g/mol. The van der Waals surface area contributed by atoms with Crippen molar-refractivity contribution in [1.82, 2.24) is 9.13 Å². The fourth-order valence-corrected chi connectivity index (χ4v) is 5.10. The number of aromatic nitrogens is 2. The van der Waals surface area contributed by atoms with Gasteiger partial charge in [-0.25, -0.2) is 8.42 Å². The predicted molar refractivity (Wildman–Crippen MR) is 120 cm³/mol. The van der Waals surface area contributed by atoms with E-state index in [2.05, 4.69) is 0 Å². The molecule has 2 heterocycles. The largest absolute Gasteiger partial charge is 0.487 e. The van der Waals surface area contributed by atoms with Crippen molar-refractivity contribution < 1.29 is 17.9 Å². The van der Waals surface area contributed by atoms with Crippen LogP contribution in [0.1, 0.15) is 13.3 Å². The molecule has 9 nitrogen and oxygen atoms in total. The molecule has 1 atom stereocenters. The van der Waals surface area contributed by atoms with Gasteiger partial charge in [0.1, 0.15) is 11.9 Å². The molecule has 0 radical (unpaired) electrons. The summed E-state index contributed by atoms with van der Waals surface area (Å²) < 4.78 is 34.0. The summed E-state index contributed by atoms with van der Waals surface area (Å²) in [5.74, 6) is -0.111. The highest BCUT2D eigenvalue weighted by Crippen LogP contribution is 2.33. The van der Waals surface area contributed by atoms with Crippen molar-refractivity contribution in [2.24, 2.45) is 14.1 Å². The molecule has 1 aliphatic heterocycles. The number of aryl methyl sites for hydroxylation is 2. The molecule has 0 bridgehead atoms. The van der Waals surface area contributed by atoms with E-state index in [9.17, 15) is 22.8 Å². The van der Waals surface area contributed by atoms with Crippen molar-refractivity contribution in [3.8, 4) is 5.75 Å². The Labute approximate surface area is 184 Å². The second kappa shape index (κ2) is 7.94. The van der Waals surface area contributed by atoms with E-state index in [0.29, 0.717) is 29.0 Å². The number of hydrogen-bond acceptors (Lipinski definition) is 6. The van der Waals surface area contributed by atoms with Crippen LogP contribution >= 0.6 is 0 Å². The van der Waals surface area contributed by atoms with E-state index in [1.54, 1.807) is 23.1 Å². The summed E-state index contributed by atoms with van der Waals surface area (Å²) in [6, 6.07) is 11.4. The molecule has 0 aliphatic carbocycles. The second-order valence-corrected chi connectivity index (χ2v) is 9.96. The van der Waals surface area contributed by atoms with E-state index in [1.165, 1.54) is 36.9 Å². The zero-order valence-electron chi connectivity index (χ0n) is 17.9. The third kappa shape index (κ3) is 3.70. The Balaban J connectivity index is 1.60. The molecule has 0 saturated heterocycles. The minimum atomic E-state index is -3.81. The number of hydrogen-bond donors (Lipinski definition) is 0. The van der Waals surface area contributed by atoms with E-state index < -0.39 is 21.0 Å². The smallest absolute Gasteiger partial charge is 0.316 e. The van der Waals surface area contributed by atoms with Gasteiger partial charge in [-0.15, -0.1) is 0 Å². The van der Waals surface area contributed by atoms with E-state index in [-0.39, 0.29) is 29.1 Å². The molecular formula is C22H23N3O6S. The van der Waals surface area contributed by atoms with Crippen LogP contribution in [0.2, 0.25) is 0 Å². The number of rotatable bonds is 4. The Hall–Kier alpha value is -3.40. The van der Waals surface area contributed by atoms with Crippen molar-refractivity contribution in [2.75, 3.05) is 17.2 Å². The molecule has 10 heteroatoms. The first-order valence-corrected chi connectivity index (χ1v) is 11.7. The molecule has 0 N–H and O–H groups in total. The van der Waals surface area contributed by atoms with Gasteiger partial charge in [0.05, 0.1) is 33.9 Å². The van der Waals surface area contributed by atoms with Crippen molar-refractivity contribution >= 4 is 32.5 Å². The molecule has 0 unspecified atom stereocenters. The number of para-hydroxylation sites is 2. The zero-order valence-corrected chi connectivity index (χ0v) is 18.8. The lowest BCUT2D eigenvalue weighted by molar-refractivity contribution is -0.118. The Bertz CT molecular complexity index is 1450. The Morgan fingerprint density at radius 1 is 1.03 bits per heavy atom. The Morgan fingerprint density at radius 3 is 2.41 bits per heavy atom. The molecule has 1 aliphatic rings. The minimum absolute atomic E-state index is 0.0119. The molecule has 168 valence electrons. The maximum atomic E-state index is 13.0. The van der Waals surface area contributed by atoms with Gasteiger partial charge < -0.3 is 18.8 Å². The van der Waals surface area contributed by atoms with Gasteiger partial charge in [-0.3, -0.25) is 14.4 Å². The summed E-state index contributed by atoms with van der Waals surface area (Å²) in [5, 5.41) is 0. The van der Waals surface area contributed by atoms with Gasteiger partial charge in [0.2, 0.25) is 5.91 Å². The first kappa shape index (κ1) is 21.8. The van der Waals surface area contributed by atoms with E-state index in [4.69, 9.17) is 4.74 Å². The van der Waals surface area contributed by atoms with Crippen LogP contribution in [0.3, 0.4) is 0 Å². The lowest BCUT2D eigenvalue weighted by atomic mass is 10.2. The van der Waals surface area contributed by atoms with Crippen LogP contribution in [0.25, 0.3) is 11.0 Å². The first-order valence-electron chi connectivity index (χ1n) is 10.1. The van der Waals surface area contributed by atoms with E-state index in [1.807, 2.05) is 13.0 Å². The van der Waals surface area contributed by atoms with Crippen LogP contribution in [-0.2, 0) is 28.7 Å². The maximum absolute atomic E-state index is 13.0. The average Bonchev–Trinajstić information content (AvgIpc) is 2.78. The normalized spacial score (nSPS) is 16.0. The molecule has 1 aromatic heterocycles. The second-order valence-electron chi connectivity index (χ2n) is 7.85. The summed E-state index contributed by atoms with van der Waals surface area (Å²) in [4.78, 5) is 38.5. The summed E-state index contributed by atoms with van der Waals surface area (Å²) in [7, 11) is -0.932. The highest BCUT2D eigenvalue weighted by atomic mass is 32.2. The molecule has 32 heavy (non-hydrogen) atoms. The highest BCUT2D eigenvalue weighted by Gasteiger charge is 2.28. The van der Waals surface area contributed by atoms with Crippen LogP contribution in [0.15, 0.2) is 56.9 Å². The van der Waals surface area contributed by atoms with Crippen molar-refractivity contribution in [2.45, 2.75) is 24.3 Å². The van der Waals surface area contributed by atoms with Gasteiger partial charge >= 0.3 is 11.1 Å². The Kier molecular flexibility index (Phi) is 5.41. The fourth-order valence-electron chi connectivity index (χ4n) is 3.85. The van der Waals surface area contributed by atoms with Gasteiger partial charge in [0.15, 0.2) is 9.84 Å². The number of benzene rings is 2. The summed E-state index contributed by atoms with van der Waals surface area (Å²) in [6.45, 7) is 2.18. The number of nitrogens with zero attached hydrogens (tertiary/aromatic N) is 3. The van der Waals surface area contributed by atoms with Gasteiger partial charge in [0.25, 0.3) is 0 Å². The zero-order chi connectivity index (χ0) is 23.2. The average molecular weight is 458 g/mol. The number of carbonyl (C=O) groups is 1. The lowest BCUT2D eigenvalue weighted by Crippen LogP contribution is -2.42. The van der Waals surface area contributed by atoms with Gasteiger partial charge in [-0.2, -0.15) is 0 Å². The number of sulfone groups is 1. The molecule has 0 spiro atoms. The van der Waals surface area contributed by atoms with Crippen LogP contribution in [0, 0.1) is 0 Å². The molecular weight excluding hydrogens is 434 g/mol. The third-order valence-corrected chi connectivity index (χ3v) is 7.34. The molecule has 4 rings (SSSR count). The van der Waals surface area contributed by atoms with Crippen LogP contribution < -0.4 is 20.8 Å². The number of fused-ring (bicyclic) bond motifs is 2. The molecule has 3 aromatic rings. The standard InChI is InChI=1S/C22H23N3O6S/c1-14-13-25(17-6-4-5-7-19(17)31-14)20(26)10-11-32(29,30)15-8-9-16-18(12-15)24(3)22(28)21(27)23(16)2/h4-9,12,14H,10-11,13H2,1-3H3/t14-/m0/s1. The highest BCUT2D eigenvalue weighted by molar-refractivity contribution is 7.91. The first-order chi connectivity index (χ1) is 15.1. The van der Waals surface area contributed by atoms with Gasteiger partial charge in [0, 0.05) is 20.5 Å². The van der Waals surface area contributed by atoms with Crippen LogP contribution in [0.4, 0.5) is 5.69 Å². The topological polar surface area (TPSA) is 108 Å². The molecule has 2 aromatic carbocycles. The van der Waals surface area contributed by atoms with Crippen molar-refractivity contribution in [3.05, 3.63) is 63.2 Å². The van der Waals surface area contributed by atoms with E-state index in [0.717, 1.165) is 4.57 Å². The van der Waals surface area contributed by atoms with Crippen LogP contribution in [-0.4, -0.2) is 41.9 Å². The third-order valence-electron chi connectivity index (χ3n) is 5.63. The number of ether oxygens (including phenoxy) is 1. The SMILES string of the molecule is C[C@H]1CN(C(=O)CCS(=O)(=O)c2ccc3c(c2)n(C)c(=O)c(=O)n3C)c2ccccc2O1. The summed E-state index contributed by atoms with van der Waals surface area (Å²) >= 11 is 0. The quantitative estimate of drug-likeness (QED) is 0.545. The molecule has 0 fully saturated rings. The molecule has 0 saturated carbocycles. The summed E-state index contributed by atoms with van der Waals surface area (Å²) in [6.07, 6.45) is -0.410. The molecule has 1 amide bonds. The fraction of sp³-hybridized carbons (Fsp3) is 0.318. The number of anilines is 1. The van der Waals surface area contributed by atoms with Crippen molar-refractivity contribution in [3.63, 3.8) is 0 Å². The number of carbonyl (C=O) groups excluding carboxylic acids is 1. The van der Waals surface area contributed by atoms with Gasteiger partial charge in [-0.1, -0.05) is 12.1 Å².